The van der Waals surface area contributed by atoms with E-state index >= 15 is 0 Å². The van der Waals surface area contributed by atoms with Crippen LogP contribution in [0.15, 0.2) is 72.8 Å². The second kappa shape index (κ2) is 5.81. The van der Waals surface area contributed by atoms with Gasteiger partial charge in [-0.1, -0.05) is 60.7 Å². The van der Waals surface area contributed by atoms with Crippen LogP contribution in [0.3, 0.4) is 0 Å². The van der Waals surface area contributed by atoms with E-state index in [9.17, 15) is 0 Å². The lowest BCUT2D eigenvalue weighted by Crippen LogP contribution is -1.96. The number of hydrogen-bond donors (Lipinski definition) is 2. The minimum Gasteiger partial charge on any atom is -0.398 e. The molecule has 0 aliphatic carbocycles. The summed E-state index contributed by atoms with van der Waals surface area (Å²) in [6, 6.07) is 24.6. The zero-order valence-electron chi connectivity index (χ0n) is 11.8. The van der Waals surface area contributed by atoms with Gasteiger partial charge < -0.3 is 11.5 Å². The number of benzene rings is 3. The number of hydrogen-bond acceptors (Lipinski definition) is 2. The Morgan fingerprint density at radius 1 is 0.667 bits per heavy atom. The molecule has 0 unspecified atom stereocenters. The van der Waals surface area contributed by atoms with Gasteiger partial charge in [0.1, 0.15) is 0 Å². The van der Waals surface area contributed by atoms with Crippen molar-refractivity contribution in [1.29, 1.82) is 0 Å². The molecule has 3 aromatic rings. The summed E-state index contributed by atoms with van der Waals surface area (Å²) in [6.45, 7) is 0.545. The van der Waals surface area contributed by atoms with Crippen LogP contribution >= 0.6 is 0 Å². The third-order valence-electron chi connectivity index (χ3n) is 3.65. The lowest BCUT2D eigenvalue weighted by molar-refractivity contribution is 1.07. The molecule has 0 amide bonds. The van der Waals surface area contributed by atoms with Crippen LogP contribution in [0.1, 0.15) is 5.56 Å². The van der Waals surface area contributed by atoms with E-state index in [-0.39, 0.29) is 0 Å². The summed E-state index contributed by atoms with van der Waals surface area (Å²) in [6.07, 6.45) is 0. The molecule has 0 saturated carbocycles. The number of para-hydroxylation sites is 1. The van der Waals surface area contributed by atoms with Gasteiger partial charge in [0.15, 0.2) is 0 Å². The molecule has 0 bridgehead atoms. The molecule has 3 rings (SSSR count). The summed E-state index contributed by atoms with van der Waals surface area (Å²) in [5, 5.41) is 0. The van der Waals surface area contributed by atoms with Crippen molar-refractivity contribution in [2.24, 2.45) is 5.73 Å². The van der Waals surface area contributed by atoms with Crippen molar-refractivity contribution in [3.05, 3.63) is 78.4 Å². The molecule has 0 fully saturated rings. The fourth-order valence-corrected chi connectivity index (χ4v) is 2.58. The highest BCUT2D eigenvalue weighted by atomic mass is 14.6. The molecular formula is C19H18N2. The summed E-state index contributed by atoms with van der Waals surface area (Å²) in [7, 11) is 0. The first kappa shape index (κ1) is 13.4. The van der Waals surface area contributed by atoms with Gasteiger partial charge in [0.2, 0.25) is 0 Å². The van der Waals surface area contributed by atoms with Crippen LogP contribution in [0.4, 0.5) is 5.69 Å². The van der Waals surface area contributed by atoms with E-state index in [1.165, 1.54) is 5.56 Å². The lowest BCUT2D eigenvalue weighted by Gasteiger charge is -2.12. The first-order valence-corrected chi connectivity index (χ1v) is 7.03. The summed E-state index contributed by atoms with van der Waals surface area (Å²) in [5.41, 5.74) is 18.3. The molecule has 0 atom stereocenters. The van der Waals surface area contributed by atoms with Gasteiger partial charge in [-0.3, -0.25) is 0 Å². The zero-order chi connectivity index (χ0) is 14.7. The summed E-state index contributed by atoms with van der Waals surface area (Å²) in [4.78, 5) is 0. The Morgan fingerprint density at radius 2 is 1.33 bits per heavy atom. The van der Waals surface area contributed by atoms with Gasteiger partial charge in [-0.25, -0.2) is 0 Å². The fraction of sp³-hybridized carbons (Fsp3) is 0.0526. The van der Waals surface area contributed by atoms with E-state index in [1.807, 2.05) is 42.5 Å². The van der Waals surface area contributed by atoms with Crippen molar-refractivity contribution in [2.75, 3.05) is 5.73 Å². The van der Waals surface area contributed by atoms with Gasteiger partial charge in [0.25, 0.3) is 0 Å². The molecule has 0 aromatic heterocycles. The topological polar surface area (TPSA) is 52.0 Å². The molecule has 21 heavy (non-hydrogen) atoms. The maximum Gasteiger partial charge on any atom is 0.0393 e. The Balaban J connectivity index is 2.18. The Kier molecular flexibility index (Phi) is 3.71. The summed E-state index contributed by atoms with van der Waals surface area (Å²) < 4.78 is 0. The summed E-state index contributed by atoms with van der Waals surface area (Å²) in [5.74, 6) is 0. The largest absolute Gasteiger partial charge is 0.398 e. The third-order valence-corrected chi connectivity index (χ3v) is 3.65. The van der Waals surface area contributed by atoms with E-state index in [1.54, 1.807) is 0 Å². The maximum atomic E-state index is 6.14. The van der Waals surface area contributed by atoms with Crippen LogP contribution in [0, 0.1) is 0 Å². The van der Waals surface area contributed by atoms with Crippen molar-refractivity contribution in [1.82, 2.24) is 0 Å². The molecule has 0 saturated heterocycles. The zero-order valence-corrected chi connectivity index (χ0v) is 11.8. The SMILES string of the molecule is NCc1cccc(-c2ccccc2-c2ccccc2N)c1. The number of nitrogens with two attached hydrogens (primary N) is 2. The predicted molar refractivity (Wildman–Crippen MR) is 89.6 cm³/mol. The van der Waals surface area contributed by atoms with Crippen LogP contribution in [0.2, 0.25) is 0 Å². The van der Waals surface area contributed by atoms with Crippen LogP contribution in [0.5, 0.6) is 0 Å². The number of rotatable bonds is 3. The van der Waals surface area contributed by atoms with Gasteiger partial charge in [-0.15, -0.1) is 0 Å². The highest BCUT2D eigenvalue weighted by Gasteiger charge is 2.09. The third kappa shape index (κ3) is 2.67. The molecule has 2 nitrogen and oxygen atoms in total. The molecule has 0 spiro atoms. The molecule has 3 aromatic carbocycles. The molecule has 0 radical (unpaired) electrons. The molecule has 0 aliphatic heterocycles. The minimum absolute atomic E-state index is 0.545. The van der Waals surface area contributed by atoms with Gasteiger partial charge >= 0.3 is 0 Å². The van der Waals surface area contributed by atoms with Gasteiger partial charge in [0.05, 0.1) is 0 Å². The minimum atomic E-state index is 0.545. The molecule has 0 aliphatic rings. The number of nitrogen functional groups attached to an aromatic ring is 1. The van der Waals surface area contributed by atoms with E-state index < -0.39 is 0 Å². The van der Waals surface area contributed by atoms with Gasteiger partial charge in [0, 0.05) is 17.8 Å². The Morgan fingerprint density at radius 3 is 2.05 bits per heavy atom. The summed E-state index contributed by atoms with van der Waals surface area (Å²) >= 11 is 0. The van der Waals surface area contributed by atoms with Gasteiger partial charge in [-0.2, -0.15) is 0 Å². The second-order valence-electron chi connectivity index (χ2n) is 5.04. The lowest BCUT2D eigenvalue weighted by atomic mass is 9.93. The molecule has 0 heterocycles. The Labute approximate surface area is 125 Å². The quantitative estimate of drug-likeness (QED) is 0.708. The standard InChI is InChI=1S/C19H18N2/c20-13-14-6-5-7-15(12-14)16-8-1-2-9-17(16)18-10-3-4-11-19(18)21/h1-12H,13,20-21H2. The highest BCUT2D eigenvalue weighted by Crippen LogP contribution is 2.35. The van der Waals surface area contributed by atoms with Crippen molar-refractivity contribution in [3.63, 3.8) is 0 Å². The molecular weight excluding hydrogens is 256 g/mol. The monoisotopic (exact) mass is 274 g/mol. The Bertz CT molecular complexity index is 763. The average molecular weight is 274 g/mol. The van der Waals surface area contributed by atoms with Crippen LogP contribution < -0.4 is 11.5 Å². The number of anilines is 1. The predicted octanol–water partition coefficient (Wildman–Crippen LogP) is 4.06. The van der Waals surface area contributed by atoms with Crippen molar-refractivity contribution in [2.45, 2.75) is 6.54 Å². The first-order chi connectivity index (χ1) is 10.3. The van der Waals surface area contributed by atoms with E-state index in [0.717, 1.165) is 27.9 Å². The molecule has 2 heteroatoms. The fourth-order valence-electron chi connectivity index (χ4n) is 2.58. The normalized spacial score (nSPS) is 10.5. The van der Waals surface area contributed by atoms with Crippen LogP contribution in [0.25, 0.3) is 22.3 Å². The van der Waals surface area contributed by atoms with E-state index in [0.29, 0.717) is 6.54 Å². The second-order valence-corrected chi connectivity index (χ2v) is 5.04. The first-order valence-electron chi connectivity index (χ1n) is 7.03. The van der Waals surface area contributed by atoms with Gasteiger partial charge in [-0.05, 0) is 34.4 Å². The van der Waals surface area contributed by atoms with Crippen molar-refractivity contribution < 1.29 is 0 Å². The van der Waals surface area contributed by atoms with E-state index in [4.69, 9.17) is 11.5 Å². The van der Waals surface area contributed by atoms with Crippen LogP contribution in [-0.2, 0) is 6.54 Å². The average Bonchev–Trinajstić information content (AvgIpc) is 2.55. The van der Waals surface area contributed by atoms with Crippen molar-refractivity contribution >= 4 is 5.69 Å². The van der Waals surface area contributed by atoms with E-state index in [2.05, 4.69) is 30.3 Å². The molecule has 4 N–H and O–H groups in total. The van der Waals surface area contributed by atoms with Crippen LogP contribution in [-0.4, -0.2) is 0 Å². The highest BCUT2D eigenvalue weighted by molar-refractivity contribution is 5.88. The smallest absolute Gasteiger partial charge is 0.0393 e. The Hall–Kier alpha value is -2.58. The maximum absolute atomic E-state index is 6.14. The molecule has 104 valence electrons. The van der Waals surface area contributed by atoms with Crippen molar-refractivity contribution in [3.8, 4) is 22.3 Å².